The van der Waals surface area contributed by atoms with Crippen LogP contribution in [0.2, 0.25) is 0 Å². The van der Waals surface area contributed by atoms with E-state index >= 15 is 0 Å². The van der Waals surface area contributed by atoms with E-state index in [1.54, 1.807) is 12.1 Å². The largest absolute Gasteiger partial charge is 0.380 e. The van der Waals surface area contributed by atoms with Gasteiger partial charge in [0.2, 0.25) is 0 Å². The summed E-state index contributed by atoms with van der Waals surface area (Å²) in [6, 6.07) is 6.51. The van der Waals surface area contributed by atoms with Crippen molar-refractivity contribution >= 4 is 11.6 Å². The lowest BCUT2D eigenvalue weighted by molar-refractivity contribution is 0.146. The summed E-state index contributed by atoms with van der Waals surface area (Å²) in [5.41, 5.74) is 1.09. The molecule has 0 amide bonds. The van der Waals surface area contributed by atoms with Gasteiger partial charge in [0.05, 0.1) is 6.61 Å². The average molecular weight is 246 g/mol. The Kier molecular flexibility index (Phi) is 7.14. The molecular formula is C12H17ClFNO. The molecule has 90 valence electrons. The smallest absolute Gasteiger partial charge is 0.123 e. The van der Waals surface area contributed by atoms with Crippen LogP contribution in [0.4, 0.5) is 4.39 Å². The van der Waals surface area contributed by atoms with Gasteiger partial charge in [0, 0.05) is 19.0 Å². The maximum absolute atomic E-state index is 12.6. The minimum atomic E-state index is -0.196. The van der Waals surface area contributed by atoms with Crippen LogP contribution in [0.3, 0.4) is 0 Å². The topological polar surface area (TPSA) is 21.3 Å². The normalized spacial score (nSPS) is 10.6. The van der Waals surface area contributed by atoms with Crippen LogP contribution in [-0.4, -0.2) is 25.6 Å². The molecule has 0 bridgehead atoms. The Morgan fingerprint density at radius 2 is 1.94 bits per heavy atom. The second-order valence-electron chi connectivity index (χ2n) is 3.46. The lowest BCUT2D eigenvalue weighted by atomic mass is 10.2. The molecule has 4 heteroatoms. The highest BCUT2D eigenvalue weighted by atomic mass is 35.5. The van der Waals surface area contributed by atoms with E-state index in [0.29, 0.717) is 12.5 Å². The van der Waals surface area contributed by atoms with Gasteiger partial charge in [-0.25, -0.2) is 4.39 Å². The monoisotopic (exact) mass is 245 g/mol. The lowest BCUT2D eigenvalue weighted by Crippen LogP contribution is -2.16. The molecule has 1 rings (SSSR count). The van der Waals surface area contributed by atoms with E-state index in [0.717, 1.165) is 31.7 Å². The molecule has 0 aliphatic carbocycles. The maximum Gasteiger partial charge on any atom is 0.123 e. The van der Waals surface area contributed by atoms with Crippen molar-refractivity contribution in [3.63, 3.8) is 0 Å². The van der Waals surface area contributed by atoms with Crippen LogP contribution in [0.5, 0.6) is 0 Å². The third-order valence-electron chi connectivity index (χ3n) is 2.11. The van der Waals surface area contributed by atoms with E-state index in [1.165, 1.54) is 12.1 Å². The van der Waals surface area contributed by atoms with Gasteiger partial charge >= 0.3 is 0 Å². The third kappa shape index (κ3) is 6.05. The summed E-state index contributed by atoms with van der Waals surface area (Å²) in [4.78, 5) is 0. The molecule has 1 N–H and O–H groups in total. The Hall–Kier alpha value is -0.640. The van der Waals surface area contributed by atoms with Gasteiger partial charge in [-0.15, -0.1) is 11.6 Å². The summed E-state index contributed by atoms with van der Waals surface area (Å²) < 4.78 is 17.8. The zero-order chi connectivity index (χ0) is 11.6. The molecule has 0 unspecified atom stereocenters. The zero-order valence-corrected chi connectivity index (χ0v) is 9.97. The van der Waals surface area contributed by atoms with Crippen molar-refractivity contribution in [1.29, 1.82) is 0 Å². The Balaban J connectivity index is 2.01. The Morgan fingerprint density at radius 1 is 1.19 bits per heavy atom. The fourth-order valence-corrected chi connectivity index (χ4v) is 1.40. The Bertz CT molecular complexity index is 279. The first-order valence-corrected chi connectivity index (χ1v) is 5.95. The molecule has 0 fully saturated rings. The van der Waals surface area contributed by atoms with E-state index in [-0.39, 0.29) is 5.82 Å². The molecule has 0 aliphatic rings. The number of nitrogens with one attached hydrogen (secondary N) is 1. The van der Waals surface area contributed by atoms with Crippen molar-refractivity contribution in [1.82, 2.24) is 5.32 Å². The first-order chi connectivity index (χ1) is 7.83. The number of alkyl halides is 1. The molecular weight excluding hydrogens is 229 g/mol. The first-order valence-electron chi connectivity index (χ1n) is 5.42. The standard InChI is InChI=1S/C12H17ClFNO/c13-6-9-16-8-1-7-15-10-11-2-4-12(14)5-3-11/h2-5,15H,1,6-10H2. The summed E-state index contributed by atoms with van der Waals surface area (Å²) in [6.45, 7) is 2.98. The summed E-state index contributed by atoms with van der Waals surface area (Å²) in [5, 5.41) is 3.26. The first kappa shape index (κ1) is 13.4. The van der Waals surface area contributed by atoms with E-state index in [4.69, 9.17) is 16.3 Å². The molecule has 1 aromatic rings. The van der Waals surface area contributed by atoms with Crippen LogP contribution in [-0.2, 0) is 11.3 Å². The number of hydrogen-bond acceptors (Lipinski definition) is 2. The van der Waals surface area contributed by atoms with Gasteiger partial charge in [-0.3, -0.25) is 0 Å². The van der Waals surface area contributed by atoms with Crippen molar-refractivity contribution < 1.29 is 9.13 Å². The van der Waals surface area contributed by atoms with Crippen LogP contribution < -0.4 is 5.32 Å². The molecule has 0 saturated carbocycles. The molecule has 16 heavy (non-hydrogen) atoms. The van der Waals surface area contributed by atoms with Gasteiger partial charge in [0.25, 0.3) is 0 Å². The van der Waals surface area contributed by atoms with Gasteiger partial charge < -0.3 is 10.1 Å². The Morgan fingerprint density at radius 3 is 2.62 bits per heavy atom. The summed E-state index contributed by atoms with van der Waals surface area (Å²) >= 11 is 5.46. The SMILES string of the molecule is Fc1ccc(CNCCCOCCCl)cc1. The van der Waals surface area contributed by atoms with E-state index in [2.05, 4.69) is 5.32 Å². The van der Waals surface area contributed by atoms with Crippen molar-refractivity contribution in [3.8, 4) is 0 Å². The average Bonchev–Trinajstić information content (AvgIpc) is 2.30. The number of ether oxygens (including phenoxy) is 1. The van der Waals surface area contributed by atoms with Crippen LogP contribution >= 0.6 is 11.6 Å². The van der Waals surface area contributed by atoms with E-state index < -0.39 is 0 Å². The van der Waals surface area contributed by atoms with Crippen molar-refractivity contribution in [2.24, 2.45) is 0 Å². The van der Waals surface area contributed by atoms with Crippen LogP contribution in [0, 0.1) is 5.82 Å². The maximum atomic E-state index is 12.6. The second kappa shape index (κ2) is 8.50. The highest BCUT2D eigenvalue weighted by Gasteiger charge is 1.93. The predicted octanol–water partition coefficient (Wildman–Crippen LogP) is 2.56. The van der Waals surface area contributed by atoms with Crippen LogP contribution in [0.1, 0.15) is 12.0 Å². The quantitative estimate of drug-likeness (QED) is 0.562. The van der Waals surface area contributed by atoms with Gasteiger partial charge in [-0.1, -0.05) is 12.1 Å². The molecule has 2 nitrogen and oxygen atoms in total. The minimum absolute atomic E-state index is 0.196. The van der Waals surface area contributed by atoms with Crippen LogP contribution in [0.15, 0.2) is 24.3 Å². The zero-order valence-electron chi connectivity index (χ0n) is 9.22. The number of halogens is 2. The molecule has 1 aromatic carbocycles. The van der Waals surface area contributed by atoms with Crippen molar-refractivity contribution in [2.75, 3.05) is 25.6 Å². The fourth-order valence-electron chi connectivity index (χ4n) is 1.29. The predicted molar refractivity (Wildman–Crippen MR) is 64.3 cm³/mol. The summed E-state index contributed by atoms with van der Waals surface area (Å²) in [7, 11) is 0. The van der Waals surface area contributed by atoms with E-state index in [1.807, 2.05) is 0 Å². The van der Waals surface area contributed by atoms with Gasteiger partial charge in [-0.2, -0.15) is 0 Å². The van der Waals surface area contributed by atoms with Crippen LogP contribution in [0.25, 0.3) is 0 Å². The number of benzene rings is 1. The highest BCUT2D eigenvalue weighted by Crippen LogP contribution is 2.01. The summed E-state index contributed by atoms with van der Waals surface area (Å²) in [5.74, 6) is 0.349. The number of rotatable bonds is 8. The Labute approximate surface area is 101 Å². The van der Waals surface area contributed by atoms with Gasteiger partial charge in [0.1, 0.15) is 5.82 Å². The molecule has 0 heterocycles. The van der Waals surface area contributed by atoms with Crippen molar-refractivity contribution in [3.05, 3.63) is 35.6 Å². The lowest BCUT2D eigenvalue weighted by Gasteiger charge is -2.05. The summed E-state index contributed by atoms with van der Waals surface area (Å²) in [6.07, 6.45) is 0.956. The van der Waals surface area contributed by atoms with E-state index in [9.17, 15) is 4.39 Å². The third-order valence-corrected chi connectivity index (χ3v) is 2.26. The van der Waals surface area contributed by atoms with Crippen molar-refractivity contribution in [2.45, 2.75) is 13.0 Å². The second-order valence-corrected chi connectivity index (χ2v) is 3.84. The molecule has 0 aromatic heterocycles. The van der Waals surface area contributed by atoms with Gasteiger partial charge in [-0.05, 0) is 30.7 Å². The number of hydrogen-bond donors (Lipinski definition) is 1. The fraction of sp³-hybridized carbons (Fsp3) is 0.500. The van der Waals surface area contributed by atoms with Gasteiger partial charge in [0.15, 0.2) is 0 Å². The minimum Gasteiger partial charge on any atom is -0.380 e. The molecule has 0 spiro atoms. The molecule has 0 saturated heterocycles. The molecule has 0 radical (unpaired) electrons. The highest BCUT2D eigenvalue weighted by molar-refractivity contribution is 6.17. The molecule has 0 atom stereocenters. The molecule has 0 aliphatic heterocycles.